The van der Waals surface area contributed by atoms with Crippen molar-refractivity contribution in [2.45, 2.75) is 33.0 Å². The van der Waals surface area contributed by atoms with Crippen LogP contribution >= 0.6 is 11.6 Å². The SMILES string of the molecule is Cc1cc(N2CCN(Cc3ccc(OC(F)(F)F)cc3)CC2=O)nn1Cc1cc(Cl)ccc1OCc1ccccc1. The van der Waals surface area contributed by atoms with Gasteiger partial charge < -0.3 is 9.47 Å². The minimum Gasteiger partial charge on any atom is -0.489 e. The predicted molar refractivity (Wildman–Crippen MR) is 149 cm³/mol. The van der Waals surface area contributed by atoms with E-state index in [0.717, 1.165) is 22.4 Å². The summed E-state index contributed by atoms with van der Waals surface area (Å²) in [6.45, 7) is 4.38. The summed E-state index contributed by atoms with van der Waals surface area (Å²) >= 11 is 6.30. The highest BCUT2D eigenvalue weighted by atomic mass is 35.5. The Morgan fingerprint density at radius 1 is 0.927 bits per heavy atom. The van der Waals surface area contributed by atoms with Crippen LogP contribution in [-0.2, 0) is 24.5 Å². The number of carbonyl (C=O) groups excluding carboxylic acids is 1. The maximum atomic E-state index is 13.1. The fourth-order valence-electron chi connectivity index (χ4n) is 4.65. The van der Waals surface area contributed by atoms with Gasteiger partial charge >= 0.3 is 6.36 Å². The molecule has 7 nitrogen and oxygen atoms in total. The first-order valence-corrected chi connectivity index (χ1v) is 13.4. The Labute approximate surface area is 240 Å². The number of amides is 1. The number of aromatic nitrogens is 2. The van der Waals surface area contributed by atoms with E-state index in [4.69, 9.17) is 21.4 Å². The summed E-state index contributed by atoms with van der Waals surface area (Å²) in [5.74, 6) is 0.889. The molecule has 1 saturated heterocycles. The second kappa shape index (κ2) is 12.2. The molecule has 0 atom stereocenters. The smallest absolute Gasteiger partial charge is 0.489 e. The predicted octanol–water partition coefficient (Wildman–Crippen LogP) is 6.22. The van der Waals surface area contributed by atoms with Crippen LogP contribution in [0.1, 0.15) is 22.4 Å². The highest BCUT2D eigenvalue weighted by molar-refractivity contribution is 6.30. The topological polar surface area (TPSA) is 59.8 Å². The molecule has 41 heavy (non-hydrogen) atoms. The average molecular weight is 585 g/mol. The number of piperazine rings is 1. The van der Waals surface area contributed by atoms with Crippen LogP contribution in [-0.4, -0.2) is 46.6 Å². The molecule has 0 unspecified atom stereocenters. The molecule has 0 saturated carbocycles. The quantitative estimate of drug-likeness (QED) is 0.234. The molecule has 2 heterocycles. The second-order valence-electron chi connectivity index (χ2n) is 9.78. The van der Waals surface area contributed by atoms with Crippen molar-refractivity contribution >= 4 is 23.3 Å². The van der Waals surface area contributed by atoms with Gasteiger partial charge in [-0.3, -0.25) is 19.3 Å². The van der Waals surface area contributed by atoms with Gasteiger partial charge in [-0.15, -0.1) is 13.2 Å². The first-order valence-electron chi connectivity index (χ1n) is 13.0. The first kappa shape index (κ1) is 28.5. The Morgan fingerprint density at radius 3 is 2.39 bits per heavy atom. The molecule has 214 valence electrons. The van der Waals surface area contributed by atoms with Crippen molar-refractivity contribution < 1.29 is 27.4 Å². The third kappa shape index (κ3) is 7.59. The van der Waals surface area contributed by atoms with Crippen molar-refractivity contribution in [3.8, 4) is 11.5 Å². The van der Waals surface area contributed by atoms with Gasteiger partial charge in [0.25, 0.3) is 0 Å². The lowest BCUT2D eigenvalue weighted by Gasteiger charge is -2.33. The van der Waals surface area contributed by atoms with Crippen LogP contribution in [0.2, 0.25) is 5.02 Å². The van der Waals surface area contributed by atoms with Crippen molar-refractivity contribution in [3.63, 3.8) is 0 Å². The van der Waals surface area contributed by atoms with E-state index in [1.165, 1.54) is 12.1 Å². The van der Waals surface area contributed by atoms with Gasteiger partial charge in [-0.25, -0.2) is 0 Å². The molecule has 1 amide bonds. The average Bonchev–Trinajstić information content (AvgIpc) is 3.28. The van der Waals surface area contributed by atoms with Crippen LogP contribution in [0.3, 0.4) is 0 Å². The molecule has 5 rings (SSSR count). The Kier molecular flexibility index (Phi) is 8.51. The molecular formula is C30H28ClF3N4O3. The van der Waals surface area contributed by atoms with Gasteiger partial charge in [0, 0.05) is 42.0 Å². The summed E-state index contributed by atoms with van der Waals surface area (Å²) in [5, 5.41) is 5.30. The van der Waals surface area contributed by atoms with Gasteiger partial charge in [-0.05, 0) is 48.4 Å². The zero-order valence-corrected chi connectivity index (χ0v) is 23.0. The fraction of sp³-hybridized carbons (Fsp3) is 0.267. The zero-order chi connectivity index (χ0) is 29.0. The summed E-state index contributed by atoms with van der Waals surface area (Å²) in [6.07, 6.45) is -4.73. The molecule has 0 N–H and O–H groups in total. The van der Waals surface area contributed by atoms with Crippen LogP contribution in [0.5, 0.6) is 11.5 Å². The van der Waals surface area contributed by atoms with Gasteiger partial charge in [0.15, 0.2) is 5.82 Å². The van der Waals surface area contributed by atoms with Crippen LogP contribution in [0.4, 0.5) is 19.0 Å². The van der Waals surface area contributed by atoms with Crippen molar-refractivity contribution in [3.05, 3.63) is 106 Å². The number of rotatable bonds is 9. The molecule has 4 aromatic rings. The van der Waals surface area contributed by atoms with E-state index in [2.05, 4.69) is 4.74 Å². The minimum absolute atomic E-state index is 0.104. The first-order chi connectivity index (χ1) is 19.6. The molecule has 0 aliphatic carbocycles. The molecule has 1 aromatic heterocycles. The lowest BCUT2D eigenvalue weighted by Crippen LogP contribution is -2.50. The summed E-state index contributed by atoms with van der Waals surface area (Å²) in [5.41, 5.74) is 3.59. The van der Waals surface area contributed by atoms with Gasteiger partial charge in [-0.1, -0.05) is 54.1 Å². The van der Waals surface area contributed by atoms with Gasteiger partial charge in [-0.2, -0.15) is 5.10 Å². The van der Waals surface area contributed by atoms with E-state index < -0.39 is 6.36 Å². The maximum absolute atomic E-state index is 13.1. The van der Waals surface area contributed by atoms with Crippen LogP contribution in [0, 0.1) is 6.92 Å². The lowest BCUT2D eigenvalue weighted by molar-refractivity contribution is -0.274. The number of hydrogen-bond donors (Lipinski definition) is 0. The Balaban J connectivity index is 1.21. The van der Waals surface area contributed by atoms with E-state index in [9.17, 15) is 18.0 Å². The highest BCUT2D eigenvalue weighted by Crippen LogP contribution is 2.27. The maximum Gasteiger partial charge on any atom is 0.573 e. The van der Waals surface area contributed by atoms with Crippen molar-refractivity contribution in [2.75, 3.05) is 24.5 Å². The van der Waals surface area contributed by atoms with Gasteiger partial charge in [0.2, 0.25) is 5.91 Å². The third-order valence-corrected chi connectivity index (χ3v) is 6.92. The molecule has 0 bridgehead atoms. The van der Waals surface area contributed by atoms with Crippen molar-refractivity contribution in [2.24, 2.45) is 0 Å². The van der Waals surface area contributed by atoms with Crippen molar-refractivity contribution in [1.82, 2.24) is 14.7 Å². The van der Waals surface area contributed by atoms with Crippen LogP contribution < -0.4 is 14.4 Å². The Morgan fingerprint density at radius 2 is 1.68 bits per heavy atom. The Hall–Kier alpha value is -4.02. The third-order valence-electron chi connectivity index (χ3n) is 6.69. The second-order valence-corrected chi connectivity index (χ2v) is 10.2. The zero-order valence-electron chi connectivity index (χ0n) is 22.3. The minimum atomic E-state index is -4.73. The number of nitrogens with zero attached hydrogens (tertiary/aromatic N) is 4. The number of ether oxygens (including phenoxy) is 2. The number of anilines is 1. The summed E-state index contributed by atoms with van der Waals surface area (Å²) in [6, 6.07) is 22.9. The number of alkyl halides is 3. The monoisotopic (exact) mass is 584 g/mol. The van der Waals surface area contributed by atoms with E-state index in [-0.39, 0.29) is 18.2 Å². The largest absolute Gasteiger partial charge is 0.573 e. The van der Waals surface area contributed by atoms with Gasteiger partial charge in [0.1, 0.15) is 18.1 Å². The number of hydrogen-bond acceptors (Lipinski definition) is 5. The molecular weight excluding hydrogens is 557 g/mol. The molecule has 1 aliphatic heterocycles. The van der Waals surface area contributed by atoms with Crippen LogP contribution in [0.15, 0.2) is 78.9 Å². The van der Waals surface area contributed by atoms with Crippen molar-refractivity contribution in [1.29, 1.82) is 0 Å². The van der Waals surface area contributed by atoms with E-state index in [1.54, 1.807) is 23.1 Å². The summed E-state index contributed by atoms with van der Waals surface area (Å²) < 4.78 is 49.0. The molecule has 1 fully saturated rings. The van der Waals surface area contributed by atoms with Gasteiger partial charge in [0.05, 0.1) is 13.1 Å². The molecule has 3 aromatic carbocycles. The molecule has 1 aliphatic rings. The van der Waals surface area contributed by atoms with E-state index >= 15 is 0 Å². The lowest BCUT2D eigenvalue weighted by atomic mass is 10.2. The molecule has 0 radical (unpaired) electrons. The van der Waals surface area contributed by atoms with E-state index in [1.807, 2.05) is 65.0 Å². The van der Waals surface area contributed by atoms with E-state index in [0.29, 0.717) is 49.4 Å². The molecule has 0 spiro atoms. The standard InChI is InChI=1S/C30H28ClF3N4O3/c1-21-15-28(35-38(21)18-24-16-25(31)9-12-27(24)40-20-23-5-3-2-4-6-23)37-14-13-36(19-29(37)39)17-22-7-10-26(11-8-22)41-30(32,33)34/h2-12,15-16H,13-14,17-20H2,1H3. The summed E-state index contributed by atoms with van der Waals surface area (Å²) in [7, 11) is 0. The number of benzene rings is 3. The number of carbonyl (C=O) groups is 1. The normalized spacial score (nSPS) is 14.4. The highest BCUT2D eigenvalue weighted by Gasteiger charge is 2.31. The Bertz CT molecular complexity index is 1490. The van der Waals surface area contributed by atoms with Crippen LogP contribution in [0.25, 0.3) is 0 Å². The number of halogens is 4. The fourth-order valence-corrected chi connectivity index (χ4v) is 4.84. The summed E-state index contributed by atoms with van der Waals surface area (Å²) in [4.78, 5) is 16.7. The number of aryl methyl sites for hydroxylation is 1. The molecule has 11 heteroatoms.